The van der Waals surface area contributed by atoms with E-state index in [4.69, 9.17) is 0 Å². The summed E-state index contributed by atoms with van der Waals surface area (Å²) in [4.78, 5) is 1.01. The standard InChI is InChI=1S/C12H16N2OS/c1-8(2)12-10(6-14(3)13-12)9-4-5-16-11(9)7-15/h4-6,8,15H,7H2,1-3H3. The monoisotopic (exact) mass is 236 g/mol. The maximum absolute atomic E-state index is 9.29. The minimum absolute atomic E-state index is 0.0967. The van der Waals surface area contributed by atoms with Gasteiger partial charge in [-0.25, -0.2) is 0 Å². The minimum atomic E-state index is 0.0967. The highest BCUT2D eigenvalue weighted by molar-refractivity contribution is 7.10. The van der Waals surface area contributed by atoms with Crippen molar-refractivity contribution < 1.29 is 5.11 Å². The fraction of sp³-hybridized carbons (Fsp3) is 0.417. The van der Waals surface area contributed by atoms with Crippen LogP contribution in [0.5, 0.6) is 0 Å². The number of aromatic nitrogens is 2. The van der Waals surface area contributed by atoms with Gasteiger partial charge in [0.25, 0.3) is 0 Å². The Kier molecular flexibility index (Phi) is 3.12. The summed E-state index contributed by atoms with van der Waals surface area (Å²) in [5.74, 6) is 0.391. The number of thiophene rings is 1. The summed E-state index contributed by atoms with van der Waals surface area (Å²) in [6.07, 6.45) is 2.02. The van der Waals surface area contributed by atoms with Crippen LogP contribution in [0.15, 0.2) is 17.6 Å². The zero-order chi connectivity index (χ0) is 11.7. The summed E-state index contributed by atoms with van der Waals surface area (Å²) < 4.78 is 1.84. The van der Waals surface area contributed by atoms with Crippen molar-refractivity contribution in [3.05, 3.63) is 28.2 Å². The summed E-state index contributed by atoms with van der Waals surface area (Å²) in [6.45, 7) is 4.37. The van der Waals surface area contributed by atoms with Crippen molar-refractivity contribution in [1.82, 2.24) is 9.78 Å². The molecule has 86 valence electrons. The van der Waals surface area contributed by atoms with Gasteiger partial charge in [0.2, 0.25) is 0 Å². The van der Waals surface area contributed by atoms with E-state index >= 15 is 0 Å². The molecule has 0 unspecified atom stereocenters. The Morgan fingerprint density at radius 2 is 2.19 bits per heavy atom. The number of nitrogens with zero attached hydrogens (tertiary/aromatic N) is 2. The SMILES string of the molecule is CC(C)c1nn(C)cc1-c1ccsc1CO. The molecule has 2 aromatic rings. The Morgan fingerprint density at radius 3 is 2.81 bits per heavy atom. The van der Waals surface area contributed by atoms with Gasteiger partial charge in [0.15, 0.2) is 0 Å². The normalized spacial score (nSPS) is 11.3. The molecule has 1 N–H and O–H groups in total. The van der Waals surface area contributed by atoms with E-state index in [0.29, 0.717) is 5.92 Å². The smallest absolute Gasteiger partial charge is 0.0780 e. The van der Waals surface area contributed by atoms with Crippen molar-refractivity contribution in [2.45, 2.75) is 26.4 Å². The number of hydrogen-bond acceptors (Lipinski definition) is 3. The molecular formula is C12H16N2OS. The Balaban J connectivity index is 2.55. The highest BCUT2D eigenvalue weighted by Gasteiger charge is 2.16. The molecular weight excluding hydrogens is 220 g/mol. The average Bonchev–Trinajstić information content (AvgIpc) is 2.82. The number of aliphatic hydroxyl groups is 1. The van der Waals surface area contributed by atoms with Crippen LogP contribution in [-0.4, -0.2) is 14.9 Å². The number of aryl methyl sites for hydroxylation is 1. The van der Waals surface area contributed by atoms with Crippen LogP contribution in [0.4, 0.5) is 0 Å². The van der Waals surface area contributed by atoms with E-state index in [1.54, 1.807) is 11.3 Å². The van der Waals surface area contributed by atoms with Crippen LogP contribution in [0, 0.1) is 0 Å². The quantitative estimate of drug-likeness (QED) is 0.890. The average molecular weight is 236 g/mol. The molecule has 0 fully saturated rings. The van der Waals surface area contributed by atoms with Gasteiger partial charge in [-0.05, 0) is 17.4 Å². The highest BCUT2D eigenvalue weighted by Crippen LogP contribution is 2.33. The second kappa shape index (κ2) is 4.39. The first kappa shape index (κ1) is 11.4. The van der Waals surface area contributed by atoms with Gasteiger partial charge in [0, 0.05) is 29.2 Å². The largest absolute Gasteiger partial charge is 0.391 e. The van der Waals surface area contributed by atoms with Gasteiger partial charge < -0.3 is 5.11 Å². The molecule has 2 aromatic heterocycles. The Bertz CT molecular complexity index is 485. The van der Waals surface area contributed by atoms with Crippen LogP contribution in [0.2, 0.25) is 0 Å². The van der Waals surface area contributed by atoms with Gasteiger partial charge in [-0.1, -0.05) is 13.8 Å². The lowest BCUT2D eigenvalue weighted by Gasteiger charge is -2.05. The molecule has 0 bridgehead atoms. The van der Waals surface area contributed by atoms with E-state index < -0.39 is 0 Å². The second-order valence-electron chi connectivity index (χ2n) is 4.17. The lowest BCUT2D eigenvalue weighted by Crippen LogP contribution is -1.94. The molecule has 4 heteroatoms. The van der Waals surface area contributed by atoms with E-state index in [1.165, 1.54) is 0 Å². The molecule has 0 aliphatic carbocycles. The van der Waals surface area contributed by atoms with Gasteiger partial charge in [-0.2, -0.15) is 5.10 Å². The fourth-order valence-corrected chi connectivity index (χ4v) is 2.59. The van der Waals surface area contributed by atoms with E-state index in [9.17, 15) is 5.11 Å². The van der Waals surface area contributed by atoms with Crippen molar-refractivity contribution in [3.8, 4) is 11.1 Å². The van der Waals surface area contributed by atoms with Gasteiger partial charge in [-0.3, -0.25) is 4.68 Å². The molecule has 0 amide bonds. The van der Waals surface area contributed by atoms with Crippen molar-refractivity contribution >= 4 is 11.3 Å². The molecule has 3 nitrogen and oxygen atoms in total. The summed E-state index contributed by atoms with van der Waals surface area (Å²) in [5.41, 5.74) is 3.35. The molecule has 0 atom stereocenters. The second-order valence-corrected chi connectivity index (χ2v) is 5.17. The number of rotatable bonds is 3. The Labute approximate surface area is 99.4 Å². The van der Waals surface area contributed by atoms with Gasteiger partial charge in [0.05, 0.1) is 12.3 Å². The molecule has 16 heavy (non-hydrogen) atoms. The number of aliphatic hydroxyl groups excluding tert-OH is 1. The number of hydrogen-bond donors (Lipinski definition) is 1. The first-order valence-corrected chi connectivity index (χ1v) is 6.22. The van der Waals surface area contributed by atoms with E-state index in [2.05, 4.69) is 25.0 Å². The third-order valence-electron chi connectivity index (χ3n) is 2.58. The third kappa shape index (κ3) is 1.90. The van der Waals surface area contributed by atoms with Crippen LogP contribution in [-0.2, 0) is 13.7 Å². The summed E-state index contributed by atoms with van der Waals surface area (Å²) >= 11 is 1.59. The fourth-order valence-electron chi connectivity index (χ4n) is 1.84. The van der Waals surface area contributed by atoms with Gasteiger partial charge >= 0.3 is 0 Å². The van der Waals surface area contributed by atoms with Crippen LogP contribution >= 0.6 is 11.3 Å². The third-order valence-corrected chi connectivity index (χ3v) is 3.49. The van der Waals surface area contributed by atoms with Gasteiger partial charge in [-0.15, -0.1) is 11.3 Å². The Morgan fingerprint density at radius 1 is 1.44 bits per heavy atom. The summed E-state index contributed by atoms with van der Waals surface area (Å²) in [6, 6.07) is 2.05. The minimum Gasteiger partial charge on any atom is -0.391 e. The molecule has 0 spiro atoms. The molecule has 0 saturated carbocycles. The van der Waals surface area contributed by atoms with Crippen LogP contribution in [0.3, 0.4) is 0 Å². The molecule has 0 saturated heterocycles. The highest BCUT2D eigenvalue weighted by atomic mass is 32.1. The summed E-state index contributed by atoms with van der Waals surface area (Å²) in [7, 11) is 1.93. The predicted octanol–water partition coefficient (Wildman–Crippen LogP) is 2.76. The zero-order valence-electron chi connectivity index (χ0n) is 9.77. The molecule has 2 rings (SSSR count). The lowest BCUT2D eigenvalue weighted by molar-refractivity contribution is 0.286. The topological polar surface area (TPSA) is 38.0 Å². The first-order chi connectivity index (χ1) is 7.63. The van der Waals surface area contributed by atoms with Crippen LogP contribution in [0.25, 0.3) is 11.1 Å². The summed E-state index contributed by atoms with van der Waals surface area (Å²) in [5, 5.41) is 15.8. The Hall–Kier alpha value is -1.13. The van der Waals surface area contributed by atoms with Crippen molar-refractivity contribution in [2.75, 3.05) is 0 Å². The molecule has 0 aliphatic heterocycles. The zero-order valence-corrected chi connectivity index (χ0v) is 10.6. The maximum Gasteiger partial charge on any atom is 0.0780 e. The van der Waals surface area contributed by atoms with Crippen LogP contribution < -0.4 is 0 Å². The molecule has 2 heterocycles. The maximum atomic E-state index is 9.29. The van der Waals surface area contributed by atoms with Crippen molar-refractivity contribution in [2.24, 2.45) is 7.05 Å². The lowest BCUT2D eigenvalue weighted by atomic mass is 10.0. The molecule has 0 aliphatic rings. The van der Waals surface area contributed by atoms with Crippen molar-refractivity contribution in [3.63, 3.8) is 0 Å². The molecule has 0 aromatic carbocycles. The van der Waals surface area contributed by atoms with E-state index in [-0.39, 0.29) is 6.61 Å². The van der Waals surface area contributed by atoms with Crippen LogP contribution in [0.1, 0.15) is 30.3 Å². The first-order valence-electron chi connectivity index (χ1n) is 5.34. The molecule has 0 radical (unpaired) electrons. The van der Waals surface area contributed by atoms with E-state index in [1.807, 2.05) is 23.3 Å². The van der Waals surface area contributed by atoms with Gasteiger partial charge in [0.1, 0.15) is 0 Å². The predicted molar refractivity (Wildman–Crippen MR) is 66.5 cm³/mol. The van der Waals surface area contributed by atoms with Crippen molar-refractivity contribution in [1.29, 1.82) is 0 Å². The van der Waals surface area contributed by atoms with E-state index in [0.717, 1.165) is 21.7 Å².